The molecule has 0 spiro atoms. The third kappa shape index (κ3) is 11.8. The SMILES string of the molecule is CCc1ccc(CC(CC(=O)N2CCC(N3Cc4ccccc4NC3=O)CC2)(C(=O)N2CCC(N3CCN(C)CC3)CC2)C(Cc2ccc(C)c(C)c2)C(=O)N2CCC(C3CCN(C(N)=O)CC3)CC2)cc1CC. The molecule has 2 unspecified atom stereocenters. The van der Waals surface area contributed by atoms with E-state index in [1.807, 2.05) is 37.8 Å². The Balaban J connectivity index is 1.07. The van der Waals surface area contributed by atoms with Crippen LogP contribution in [0.4, 0.5) is 15.3 Å². The van der Waals surface area contributed by atoms with Crippen LogP contribution in [0.1, 0.15) is 111 Å². The van der Waals surface area contributed by atoms with Gasteiger partial charge >= 0.3 is 12.1 Å². The number of carbonyl (C=O) groups is 5. The zero-order chi connectivity index (χ0) is 52.1. The molecule has 0 aromatic heterocycles. The molecule has 14 nitrogen and oxygen atoms in total. The van der Waals surface area contributed by atoms with Gasteiger partial charge in [-0.05, 0) is 155 Å². The van der Waals surface area contributed by atoms with Crippen molar-refractivity contribution in [2.75, 3.05) is 90.9 Å². The van der Waals surface area contributed by atoms with Crippen molar-refractivity contribution in [1.29, 1.82) is 0 Å². The molecule has 14 heteroatoms. The van der Waals surface area contributed by atoms with Gasteiger partial charge in [-0.1, -0.05) is 68.4 Å². The lowest BCUT2D eigenvalue weighted by Crippen LogP contribution is -2.60. The first-order valence-electron chi connectivity index (χ1n) is 28.4. The maximum Gasteiger partial charge on any atom is 0.322 e. The zero-order valence-corrected chi connectivity index (χ0v) is 45.3. The van der Waals surface area contributed by atoms with E-state index in [0.29, 0.717) is 96.0 Å². The average Bonchev–Trinajstić information content (AvgIpc) is 3.43. The van der Waals surface area contributed by atoms with E-state index in [1.165, 1.54) is 16.7 Å². The van der Waals surface area contributed by atoms with Gasteiger partial charge in [0.2, 0.25) is 17.7 Å². The molecular weight excluding hydrogens is 927 g/mol. The number of amides is 7. The maximum absolute atomic E-state index is 16.6. The highest BCUT2D eigenvalue weighted by Gasteiger charge is 2.54. The smallest absolute Gasteiger partial charge is 0.322 e. The van der Waals surface area contributed by atoms with Crippen LogP contribution in [0.2, 0.25) is 0 Å². The Labute approximate surface area is 441 Å². The summed E-state index contributed by atoms with van der Waals surface area (Å²) in [5, 5.41) is 3.08. The van der Waals surface area contributed by atoms with Gasteiger partial charge < -0.3 is 40.4 Å². The number of nitrogens with zero attached hydrogens (tertiary/aromatic N) is 7. The second-order valence-corrected chi connectivity index (χ2v) is 23.0. The molecule has 0 radical (unpaired) electrons. The van der Waals surface area contributed by atoms with Crippen molar-refractivity contribution in [3.63, 3.8) is 0 Å². The second kappa shape index (κ2) is 23.6. The first kappa shape index (κ1) is 53.4. The van der Waals surface area contributed by atoms with Gasteiger partial charge in [0.1, 0.15) is 0 Å². The second-order valence-electron chi connectivity index (χ2n) is 23.0. The van der Waals surface area contributed by atoms with E-state index in [9.17, 15) is 9.59 Å². The topological polar surface area (TPSA) is 146 Å². The van der Waals surface area contributed by atoms with E-state index in [2.05, 4.69) is 92.3 Å². The molecule has 74 heavy (non-hydrogen) atoms. The summed E-state index contributed by atoms with van der Waals surface area (Å²) < 4.78 is 0. The predicted molar refractivity (Wildman–Crippen MR) is 292 cm³/mol. The predicted octanol–water partition coefficient (Wildman–Crippen LogP) is 7.51. The lowest BCUT2D eigenvalue weighted by Gasteiger charge is -2.48. The monoisotopic (exact) mass is 1010 g/mol. The van der Waals surface area contributed by atoms with Crippen molar-refractivity contribution >= 4 is 35.5 Å². The summed E-state index contributed by atoms with van der Waals surface area (Å²) in [4.78, 5) is 88.6. The van der Waals surface area contributed by atoms with E-state index in [0.717, 1.165) is 105 Å². The fourth-order valence-electron chi connectivity index (χ4n) is 13.8. The van der Waals surface area contributed by atoms with Crippen molar-refractivity contribution in [3.05, 3.63) is 99.6 Å². The van der Waals surface area contributed by atoms with E-state index in [1.54, 1.807) is 4.90 Å². The summed E-state index contributed by atoms with van der Waals surface area (Å²) in [6.07, 6.45) is 8.76. The van der Waals surface area contributed by atoms with Crippen LogP contribution in [-0.4, -0.2) is 162 Å². The minimum Gasteiger partial charge on any atom is -0.351 e. The number of carbonyl (C=O) groups excluding carboxylic acids is 5. The number of piperazine rings is 1. The summed E-state index contributed by atoms with van der Waals surface area (Å²) in [6.45, 7) is 17.8. The molecule has 2 atom stereocenters. The van der Waals surface area contributed by atoms with Crippen LogP contribution in [0.3, 0.4) is 0 Å². The standard InChI is InChI=1S/C60H85N9O5/c1-6-46-15-14-45(37-47(46)7-2)39-60(57(72)67-30-20-51(21-31-67)64-34-32-63(5)33-35-64,40-55(70)65-28-22-52(23-29-65)69-41-50-10-8-9-11-54(50)62-59(69)74)53(38-44-13-12-42(3)43(4)36-44)56(71)66-24-16-48(17-25-66)49-18-26-68(27-19-49)58(61)73/h8-15,36-37,48-49,51-53H,6-7,16-35,38-41H2,1-5H3,(H2,61,73)(H,62,74). The highest BCUT2D eigenvalue weighted by atomic mass is 16.2. The Morgan fingerprint density at radius 3 is 1.88 bits per heavy atom. The summed E-state index contributed by atoms with van der Waals surface area (Å²) in [5.41, 5.74) is 13.0. The molecule has 9 rings (SSSR count). The molecule has 3 N–H and O–H groups in total. The molecule has 6 aliphatic heterocycles. The van der Waals surface area contributed by atoms with Crippen LogP contribution in [0.25, 0.3) is 0 Å². The summed E-state index contributed by atoms with van der Waals surface area (Å²) >= 11 is 0. The van der Waals surface area contributed by atoms with Crippen molar-refractivity contribution in [2.45, 2.75) is 130 Å². The number of likely N-dealkylation sites (tertiary alicyclic amines) is 4. The molecule has 6 aliphatic rings. The number of hydrogen-bond donors (Lipinski definition) is 2. The fraction of sp³-hybridized carbons (Fsp3) is 0.617. The number of nitrogens with one attached hydrogen (secondary N) is 1. The number of para-hydroxylation sites is 1. The van der Waals surface area contributed by atoms with Gasteiger partial charge in [0.15, 0.2) is 0 Å². The van der Waals surface area contributed by atoms with Gasteiger partial charge in [0.25, 0.3) is 0 Å². The van der Waals surface area contributed by atoms with Gasteiger partial charge in [-0.25, -0.2) is 9.59 Å². The molecular formula is C60H85N9O5. The quantitative estimate of drug-likeness (QED) is 0.170. The summed E-state index contributed by atoms with van der Waals surface area (Å²) in [5.74, 6) is -0.133. The molecule has 7 amide bonds. The Morgan fingerprint density at radius 1 is 0.649 bits per heavy atom. The van der Waals surface area contributed by atoms with E-state index in [4.69, 9.17) is 5.73 Å². The van der Waals surface area contributed by atoms with Crippen molar-refractivity contribution in [2.24, 2.45) is 28.9 Å². The first-order chi connectivity index (χ1) is 35.7. The Morgan fingerprint density at radius 2 is 1.24 bits per heavy atom. The number of urea groups is 2. The number of primary amides is 1. The third-order valence-electron chi connectivity index (χ3n) is 18.7. The van der Waals surface area contributed by atoms with Crippen molar-refractivity contribution in [1.82, 2.24) is 34.3 Å². The van der Waals surface area contributed by atoms with Crippen LogP contribution >= 0.6 is 0 Å². The third-order valence-corrected chi connectivity index (χ3v) is 18.7. The average molecular weight is 1010 g/mol. The molecule has 5 fully saturated rings. The molecule has 5 saturated heterocycles. The van der Waals surface area contributed by atoms with Crippen LogP contribution in [0, 0.1) is 37.0 Å². The minimum atomic E-state index is -1.40. The number of aryl methyl sites for hydroxylation is 4. The van der Waals surface area contributed by atoms with E-state index < -0.39 is 11.3 Å². The summed E-state index contributed by atoms with van der Waals surface area (Å²) in [7, 11) is 2.18. The number of benzene rings is 3. The number of rotatable bonds is 14. The largest absolute Gasteiger partial charge is 0.351 e. The number of nitrogens with two attached hydrogens (primary N) is 1. The highest BCUT2D eigenvalue weighted by Crippen LogP contribution is 2.45. The number of likely N-dealkylation sites (N-methyl/N-ethyl adjacent to an activating group) is 1. The maximum atomic E-state index is 16.6. The molecule has 400 valence electrons. The van der Waals surface area contributed by atoms with Crippen molar-refractivity contribution in [3.8, 4) is 0 Å². The fourth-order valence-corrected chi connectivity index (χ4v) is 13.8. The molecule has 0 aliphatic carbocycles. The van der Waals surface area contributed by atoms with Crippen LogP contribution in [-0.2, 0) is 46.6 Å². The Bertz CT molecular complexity index is 2480. The lowest BCUT2D eigenvalue weighted by atomic mass is 9.64. The van der Waals surface area contributed by atoms with Crippen LogP contribution < -0.4 is 11.1 Å². The van der Waals surface area contributed by atoms with Gasteiger partial charge in [-0.15, -0.1) is 0 Å². The number of anilines is 1. The van der Waals surface area contributed by atoms with Crippen molar-refractivity contribution < 1.29 is 24.0 Å². The molecule has 3 aromatic rings. The summed E-state index contributed by atoms with van der Waals surface area (Å²) in [6, 6.07) is 20.8. The number of piperidine rings is 4. The van der Waals surface area contributed by atoms with E-state index in [-0.39, 0.29) is 48.7 Å². The first-order valence-corrected chi connectivity index (χ1v) is 28.4. The molecule has 3 aromatic carbocycles. The zero-order valence-electron chi connectivity index (χ0n) is 45.3. The normalized spacial score (nSPS) is 21.5. The Hall–Kier alpha value is -5.47. The number of fused-ring (bicyclic) bond motifs is 1. The van der Waals surface area contributed by atoms with Crippen LogP contribution in [0.15, 0.2) is 60.7 Å². The Kier molecular flexibility index (Phi) is 17.0. The van der Waals surface area contributed by atoms with E-state index >= 15 is 14.4 Å². The minimum absolute atomic E-state index is 0.0327. The van der Waals surface area contributed by atoms with Crippen LogP contribution in [0.5, 0.6) is 0 Å². The van der Waals surface area contributed by atoms with Gasteiger partial charge in [0, 0.05) is 109 Å². The highest BCUT2D eigenvalue weighted by molar-refractivity contribution is 5.95. The van der Waals surface area contributed by atoms with Gasteiger partial charge in [-0.3, -0.25) is 19.3 Å². The van der Waals surface area contributed by atoms with Gasteiger partial charge in [0.05, 0.1) is 11.3 Å². The van der Waals surface area contributed by atoms with Gasteiger partial charge in [-0.2, -0.15) is 0 Å². The lowest BCUT2D eigenvalue weighted by molar-refractivity contribution is -0.161. The number of hydrogen-bond acceptors (Lipinski definition) is 7. The molecule has 0 saturated carbocycles. The molecule has 6 heterocycles. The molecule has 0 bridgehead atoms.